The van der Waals surface area contributed by atoms with Crippen molar-refractivity contribution in [3.8, 4) is 12.8 Å². The lowest BCUT2D eigenvalue weighted by Gasteiger charge is -2.11. The summed E-state index contributed by atoms with van der Waals surface area (Å²) in [5.41, 5.74) is 1.42. The zero-order valence-electron chi connectivity index (χ0n) is 12.9. The zero-order chi connectivity index (χ0) is 15.1. The summed E-state index contributed by atoms with van der Waals surface area (Å²) < 4.78 is 0. The highest BCUT2D eigenvalue weighted by Crippen LogP contribution is 2.04. The molecule has 2 nitrogen and oxygen atoms in total. The van der Waals surface area contributed by atoms with Gasteiger partial charge in [0.05, 0.1) is 0 Å². The molecule has 0 radical (unpaired) electrons. The van der Waals surface area contributed by atoms with Gasteiger partial charge in [-0.05, 0) is 44.2 Å². The molecule has 0 fully saturated rings. The van der Waals surface area contributed by atoms with Crippen molar-refractivity contribution in [2.24, 2.45) is 0 Å². The molecule has 0 aliphatic heterocycles. The Morgan fingerprint density at radius 3 is 2.55 bits per heavy atom. The normalized spacial score (nSPS) is 11.8. The Morgan fingerprint density at radius 2 is 1.95 bits per heavy atom. The second-order valence-electron chi connectivity index (χ2n) is 4.70. The summed E-state index contributed by atoms with van der Waals surface area (Å²) in [5, 5.41) is 3.54. The van der Waals surface area contributed by atoms with Gasteiger partial charge in [-0.2, -0.15) is 0 Å². The van der Waals surface area contributed by atoms with Gasteiger partial charge in [-0.15, -0.1) is 12.8 Å². The van der Waals surface area contributed by atoms with Gasteiger partial charge in [0, 0.05) is 18.2 Å². The van der Waals surface area contributed by atoms with Crippen molar-refractivity contribution in [3.63, 3.8) is 0 Å². The van der Waals surface area contributed by atoms with Crippen LogP contribution >= 0.6 is 0 Å². The van der Waals surface area contributed by atoms with E-state index >= 15 is 0 Å². The second kappa shape index (κ2) is 13.8. The third-order valence-electron chi connectivity index (χ3n) is 3.09. The maximum atomic E-state index is 4.00. The highest BCUT2D eigenvalue weighted by molar-refractivity contribution is 5.07. The van der Waals surface area contributed by atoms with Crippen molar-refractivity contribution in [1.29, 1.82) is 0 Å². The lowest BCUT2D eigenvalue weighted by molar-refractivity contribution is -0.378. The molecule has 0 aliphatic carbocycles. The number of H-pyrrole nitrogens is 1. The number of hydrogen-bond donors (Lipinski definition) is 1. The Morgan fingerprint density at radius 1 is 1.25 bits per heavy atom. The Bertz CT molecular complexity index is 354. The van der Waals surface area contributed by atoms with E-state index in [1.165, 1.54) is 31.2 Å². The number of aromatic nitrogens is 1. The van der Waals surface area contributed by atoms with Crippen LogP contribution in [0.1, 0.15) is 45.1 Å². The average Bonchev–Trinajstić information content (AvgIpc) is 2.53. The van der Waals surface area contributed by atoms with Crippen LogP contribution in [0.4, 0.5) is 0 Å². The minimum atomic E-state index is 0.552. The number of allylic oxidation sites excluding steroid dienone is 1. The summed E-state index contributed by atoms with van der Waals surface area (Å²) in [6.45, 7) is 5.56. The second-order valence-corrected chi connectivity index (χ2v) is 4.70. The third kappa shape index (κ3) is 9.35. The molecule has 1 aromatic rings. The zero-order valence-corrected chi connectivity index (χ0v) is 12.9. The molecule has 1 unspecified atom stereocenters. The van der Waals surface area contributed by atoms with E-state index < -0.39 is 0 Å². The summed E-state index contributed by atoms with van der Waals surface area (Å²) in [5.74, 6) is 0. The summed E-state index contributed by atoms with van der Waals surface area (Å²) in [7, 11) is 0. The predicted octanol–water partition coefficient (Wildman–Crippen LogP) is 3.41. The van der Waals surface area contributed by atoms with Crippen LogP contribution in [0.3, 0.4) is 0 Å². The molecule has 0 saturated carbocycles. The number of hydrogen-bond acceptors (Lipinski definition) is 1. The van der Waals surface area contributed by atoms with Crippen LogP contribution in [0, 0.1) is 12.8 Å². The summed E-state index contributed by atoms with van der Waals surface area (Å²) in [6.07, 6.45) is 22.6. The van der Waals surface area contributed by atoms with E-state index in [-0.39, 0.29) is 0 Å². The SMILES string of the molecule is C#C.CCCNC(/C=C\CCCc1cc[nH+]cc1)CC. The van der Waals surface area contributed by atoms with Crippen molar-refractivity contribution in [1.82, 2.24) is 5.32 Å². The van der Waals surface area contributed by atoms with Gasteiger partial charge >= 0.3 is 0 Å². The molecule has 1 rings (SSSR count). The maximum absolute atomic E-state index is 4.00. The Balaban J connectivity index is 0.00000172. The number of aromatic amines is 1. The highest BCUT2D eigenvalue weighted by Gasteiger charge is 1.98. The first-order valence-corrected chi connectivity index (χ1v) is 7.55. The van der Waals surface area contributed by atoms with Gasteiger partial charge in [0.1, 0.15) is 0 Å². The van der Waals surface area contributed by atoms with Crippen LogP contribution in [-0.2, 0) is 6.42 Å². The fraction of sp³-hybridized carbons (Fsp3) is 0.500. The standard InChI is InChI=1S/C16H26N2.C2H2/c1-3-12-18-16(4-2)9-7-5-6-8-15-10-13-17-14-11-15;1-2/h7,9-11,13-14,16,18H,3-6,8,12H2,1-2H3;1-2H/p+1/b9-7-;. The van der Waals surface area contributed by atoms with E-state index in [9.17, 15) is 0 Å². The van der Waals surface area contributed by atoms with E-state index in [2.05, 4.69) is 61.3 Å². The molecule has 2 N–H and O–H groups in total. The van der Waals surface area contributed by atoms with E-state index in [0.717, 1.165) is 13.0 Å². The molecule has 0 bridgehead atoms. The topological polar surface area (TPSA) is 26.2 Å². The van der Waals surface area contributed by atoms with Crippen LogP contribution < -0.4 is 10.3 Å². The number of unbranched alkanes of at least 4 members (excludes halogenated alkanes) is 1. The first-order valence-electron chi connectivity index (χ1n) is 7.55. The van der Waals surface area contributed by atoms with Crippen LogP contribution in [0.15, 0.2) is 36.7 Å². The highest BCUT2D eigenvalue weighted by atomic mass is 14.9. The first-order chi connectivity index (χ1) is 9.86. The molecule has 1 aromatic heterocycles. The van der Waals surface area contributed by atoms with Crippen LogP contribution in [0.25, 0.3) is 0 Å². The monoisotopic (exact) mass is 273 g/mol. The lowest BCUT2D eigenvalue weighted by Crippen LogP contribution is -2.26. The van der Waals surface area contributed by atoms with Gasteiger partial charge in [0.15, 0.2) is 12.4 Å². The molecule has 1 heterocycles. The van der Waals surface area contributed by atoms with E-state index in [4.69, 9.17) is 0 Å². The van der Waals surface area contributed by atoms with Crippen molar-refractivity contribution in [2.45, 2.75) is 52.0 Å². The Kier molecular flexibility index (Phi) is 12.7. The van der Waals surface area contributed by atoms with Gasteiger partial charge in [0.25, 0.3) is 0 Å². The van der Waals surface area contributed by atoms with Crippen molar-refractivity contribution in [3.05, 3.63) is 42.2 Å². The molecule has 0 aliphatic rings. The molecule has 0 aromatic carbocycles. The van der Waals surface area contributed by atoms with Crippen molar-refractivity contribution in [2.75, 3.05) is 6.54 Å². The maximum Gasteiger partial charge on any atom is 0.167 e. The number of nitrogens with one attached hydrogen (secondary N) is 2. The molecule has 20 heavy (non-hydrogen) atoms. The minimum absolute atomic E-state index is 0.552. The molecular formula is C18H29N2+. The summed E-state index contributed by atoms with van der Waals surface area (Å²) in [4.78, 5) is 3.05. The Hall–Kier alpha value is -1.59. The molecule has 110 valence electrons. The third-order valence-corrected chi connectivity index (χ3v) is 3.09. The van der Waals surface area contributed by atoms with Crippen molar-refractivity contribution >= 4 is 0 Å². The van der Waals surface area contributed by atoms with E-state index in [0.29, 0.717) is 6.04 Å². The molecule has 1 atom stereocenters. The number of pyridine rings is 1. The van der Waals surface area contributed by atoms with Crippen LogP contribution in [-0.4, -0.2) is 12.6 Å². The van der Waals surface area contributed by atoms with Crippen LogP contribution in [0.2, 0.25) is 0 Å². The molecule has 0 amide bonds. The van der Waals surface area contributed by atoms with Gasteiger partial charge in [-0.1, -0.05) is 26.0 Å². The molecule has 0 spiro atoms. The van der Waals surface area contributed by atoms with E-state index in [1.807, 2.05) is 12.4 Å². The van der Waals surface area contributed by atoms with Gasteiger partial charge in [-0.25, -0.2) is 4.98 Å². The number of terminal acetylenes is 1. The number of aryl methyl sites for hydroxylation is 1. The largest absolute Gasteiger partial charge is 0.311 e. The number of rotatable bonds is 9. The fourth-order valence-corrected chi connectivity index (χ4v) is 1.95. The summed E-state index contributed by atoms with van der Waals surface area (Å²) >= 11 is 0. The predicted molar refractivity (Wildman–Crippen MR) is 87.3 cm³/mol. The minimum Gasteiger partial charge on any atom is -0.311 e. The lowest BCUT2D eigenvalue weighted by atomic mass is 10.1. The quantitative estimate of drug-likeness (QED) is 0.416. The fourth-order valence-electron chi connectivity index (χ4n) is 1.95. The van der Waals surface area contributed by atoms with Gasteiger partial charge in [0.2, 0.25) is 0 Å². The molecular weight excluding hydrogens is 244 g/mol. The van der Waals surface area contributed by atoms with Gasteiger partial charge in [-0.3, -0.25) is 0 Å². The first kappa shape index (κ1) is 18.4. The molecule has 0 saturated heterocycles. The summed E-state index contributed by atoms with van der Waals surface area (Å²) in [6, 6.07) is 4.86. The average molecular weight is 273 g/mol. The van der Waals surface area contributed by atoms with Crippen LogP contribution in [0.5, 0.6) is 0 Å². The molecule has 2 heteroatoms. The Labute approximate surface area is 124 Å². The van der Waals surface area contributed by atoms with Crippen molar-refractivity contribution < 1.29 is 4.98 Å². The van der Waals surface area contributed by atoms with Gasteiger partial charge < -0.3 is 5.32 Å². The van der Waals surface area contributed by atoms with E-state index in [1.54, 1.807) is 0 Å². The smallest absolute Gasteiger partial charge is 0.167 e.